The Morgan fingerprint density at radius 2 is 1.00 bits per heavy atom. The van der Waals surface area contributed by atoms with E-state index in [4.69, 9.17) is 19.5 Å². The standard InChI is InChI=1S/C26H32N4O2/c1-25(2)17-31-23(27-25)19-9-5-7-11-21(19)29-13-15-30(16-14-29)22-12-8-6-10-20(22)24-28-26(3,4)18-32-24/h5-12H,13-18H2,1-4H3. The third-order valence-electron chi connectivity index (χ3n) is 6.16. The molecule has 0 aliphatic carbocycles. The van der Waals surface area contributed by atoms with E-state index in [-0.39, 0.29) is 11.1 Å². The molecule has 0 amide bonds. The Hall–Kier alpha value is -3.02. The number of piperazine rings is 1. The van der Waals surface area contributed by atoms with Gasteiger partial charge in [0.2, 0.25) is 11.8 Å². The van der Waals surface area contributed by atoms with Crippen molar-refractivity contribution >= 4 is 23.2 Å². The maximum absolute atomic E-state index is 5.95. The molecule has 0 bridgehead atoms. The van der Waals surface area contributed by atoms with Crippen LogP contribution in [-0.4, -0.2) is 62.3 Å². The van der Waals surface area contributed by atoms with Crippen molar-refractivity contribution in [1.82, 2.24) is 0 Å². The van der Waals surface area contributed by atoms with E-state index in [2.05, 4.69) is 86.0 Å². The number of rotatable bonds is 4. The van der Waals surface area contributed by atoms with E-state index in [0.717, 1.165) is 49.1 Å². The third-order valence-corrected chi connectivity index (χ3v) is 6.16. The highest BCUT2D eigenvalue weighted by atomic mass is 16.5. The quantitative estimate of drug-likeness (QED) is 0.729. The van der Waals surface area contributed by atoms with Crippen LogP contribution in [0.1, 0.15) is 38.8 Å². The topological polar surface area (TPSA) is 49.7 Å². The number of benzene rings is 2. The van der Waals surface area contributed by atoms with Crippen molar-refractivity contribution in [1.29, 1.82) is 0 Å². The minimum absolute atomic E-state index is 0.162. The average Bonchev–Trinajstić information content (AvgIpc) is 3.35. The first-order valence-electron chi connectivity index (χ1n) is 11.5. The predicted octanol–water partition coefficient (Wildman–Crippen LogP) is 4.12. The summed E-state index contributed by atoms with van der Waals surface area (Å²) in [6, 6.07) is 16.9. The van der Waals surface area contributed by atoms with Crippen LogP contribution in [0.3, 0.4) is 0 Å². The average molecular weight is 433 g/mol. The Morgan fingerprint density at radius 1 is 0.625 bits per heavy atom. The van der Waals surface area contributed by atoms with Gasteiger partial charge in [0.15, 0.2) is 0 Å². The highest BCUT2D eigenvalue weighted by molar-refractivity contribution is 6.01. The van der Waals surface area contributed by atoms with Crippen LogP contribution >= 0.6 is 0 Å². The van der Waals surface area contributed by atoms with Gasteiger partial charge in [-0.1, -0.05) is 24.3 Å². The Labute approximate surface area is 190 Å². The van der Waals surface area contributed by atoms with Gasteiger partial charge in [0.1, 0.15) is 13.2 Å². The molecule has 0 atom stereocenters. The third kappa shape index (κ3) is 4.06. The molecule has 32 heavy (non-hydrogen) atoms. The highest BCUT2D eigenvalue weighted by Crippen LogP contribution is 2.31. The molecule has 3 aliphatic rings. The van der Waals surface area contributed by atoms with Crippen molar-refractivity contribution in [2.24, 2.45) is 9.98 Å². The molecule has 0 N–H and O–H groups in total. The lowest BCUT2D eigenvalue weighted by Gasteiger charge is -2.38. The second-order valence-electron chi connectivity index (χ2n) is 10.0. The molecule has 0 aromatic heterocycles. The fourth-order valence-electron chi connectivity index (χ4n) is 4.49. The molecule has 5 rings (SSSR count). The van der Waals surface area contributed by atoms with Gasteiger partial charge in [0.05, 0.1) is 22.2 Å². The van der Waals surface area contributed by atoms with Gasteiger partial charge in [-0.25, -0.2) is 9.98 Å². The normalized spacial score (nSPS) is 21.6. The molecule has 0 unspecified atom stereocenters. The second kappa shape index (κ2) is 7.84. The molecule has 0 saturated carbocycles. The molecule has 3 heterocycles. The van der Waals surface area contributed by atoms with Crippen LogP contribution in [0.4, 0.5) is 11.4 Å². The molecule has 1 saturated heterocycles. The van der Waals surface area contributed by atoms with Crippen LogP contribution in [0.5, 0.6) is 0 Å². The molecule has 2 aromatic rings. The molecule has 6 heteroatoms. The molecule has 3 aliphatic heterocycles. The van der Waals surface area contributed by atoms with Crippen molar-refractivity contribution in [3.63, 3.8) is 0 Å². The van der Waals surface area contributed by atoms with E-state index in [9.17, 15) is 0 Å². The lowest BCUT2D eigenvalue weighted by Crippen LogP contribution is -2.47. The smallest absolute Gasteiger partial charge is 0.218 e. The number of nitrogens with zero attached hydrogens (tertiary/aromatic N) is 4. The van der Waals surface area contributed by atoms with Crippen molar-refractivity contribution in [3.05, 3.63) is 59.7 Å². The van der Waals surface area contributed by atoms with Crippen LogP contribution in [0, 0.1) is 0 Å². The van der Waals surface area contributed by atoms with Crippen LogP contribution in [-0.2, 0) is 9.47 Å². The molecule has 168 valence electrons. The van der Waals surface area contributed by atoms with Gasteiger partial charge >= 0.3 is 0 Å². The summed E-state index contributed by atoms with van der Waals surface area (Å²) in [4.78, 5) is 14.5. The summed E-state index contributed by atoms with van der Waals surface area (Å²) in [5.41, 5.74) is 4.24. The zero-order valence-corrected chi connectivity index (χ0v) is 19.5. The van der Waals surface area contributed by atoms with E-state index in [0.29, 0.717) is 13.2 Å². The van der Waals surface area contributed by atoms with E-state index in [1.807, 2.05) is 0 Å². The number of ether oxygens (including phenoxy) is 2. The summed E-state index contributed by atoms with van der Waals surface area (Å²) < 4.78 is 11.9. The summed E-state index contributed by atoms with van der Waals surface area (Å²) in [6.45, 7) is 13.4. The van der Waals surface area contributed by atoms with Crippen molar-refractivity contribution in [2.75, 3.05) is 49.2 Å². The summed E-state index contributed by atoms with van der Waals surface area (Å²) in [7, 11) is 0. The van der Waals surface area contributed by atoms with Gasteiger partial charge in [-0.2, -0.15) is 0 Å². The number of para-hydroxylation sites is 2. The van der Waals surface area contributed by atoms with Crippen LogP contribution in [0.25, 0.3) is 0 Å². The summed E-state index contributed by atoms with van der Waals surface area (Å²) in [5.74, 6) is 1.52. The van der Waals surface area contributed by atoms with Gasteiger partial charge < -0.3 is 19.3 Å². The second-order valence-corrected chi connectivity index (χ2v) is 10.0. The Balaban J connectivity index is 1.35. The van der Waals surface area contributed by atoms with Crippen LogP contribution in [0.2, 0.25) is 0 Å². The summed E-state index contributed by atoms with van der Waals surface area (Å²) >= 11 is 0. The van der Waals surface area contributed by atoms with Crippen molar-refractivity contribution in [3.8, 4) is 0 Å². The van der Waals surface area contributed by atoms with E-state index in [1.54, 1.807) is 0 Å². The van der Waals surface area contributed by atoms with Gasteiger partial charge in [0.25, 0.3) is 0 Å². The molecule has 2 aromatic carbocycles. The van der Waals surface area contributed by atoms with E-state index < -0.39 is 0 Å². The van der Waals surface area contributed by atoms with Gasteiger partial charge in [-0.15, -0.1) is 0 Å². The largest absolute Gasteiger partial charge is 0.475 e. The van der Waals surface area contributed by atoms with Gasteiger partial charge in [-0.05, 0) is 52.0 Å². The van der Waals surface area contributed by atoms with Crippen LogP contribution in [0.15, 0.2) is 58.5 Å². The number of hydrogen-bond donors (Lipinski definition) is 0. The number of hydrogen-bond acceptors (Lipinski definition) is 6. The minimum Gasteiger partial charge on any atom is -0.475 e. The zero-order chi connectivity index (χ0) is 22.3. The van der Waals surface area contributed by atoms with Gasteiger partial charge in [0, 0.05) is 37.6 Å². The van der Waals surface area contributed by atoms with Crippen molar-refractivity contribution in [2.45, 2.75) is 38.8 Å². The van der Waals surface area contributed by atoms with Crippen molar-refractivity contribution < 1.29 is 9.47 Å². The molecular weight excluding hydrogens is 400 g/mol. The first kappa shape index (κ1) is 20.9. The number of anilines is 2. The van der Waals surface area contributed by atoms with Crippen LogP contribution < -0.4 is 9.80 Å². The molecule has 0 radical (unpaired) electrons. The lowest BCUT2D eigenvalue weighted by molar-refractivity contribution is 0.279. The van der Waals surface area contributed by atoms with E-state index in [1.165, 1.54) is 11.4 Å². The monoisotopic (exact) mass is 432 g/mol. The summed E-state index contributed by atoms with van der Waals surface area (Å²) in [5, 5.41) is 0. The molecule has 1 fully saturated rings. The molecule has 0 spiro atoms. The number of aliphatic imine (C=N–C) groups is 2. The fraction of sp³-hybridized carbons (Fsp3) is 0.462. The van der Waals surface area contributed by atoms with E-state index >= 15 is 0 Å². The first-order chi connectivity index (χ1) is 15.3. The fourth-order valence-corrected chi connectivity index (χ4v) is 4.49. The maximum Gasteiger partial charge on any atom is 0.218 e. The Kier molecular flexibility index (Phi) is 5.11. The molecule has 6 nitrogen and oxygen atoms in total. The Morgan fingerprint density at radius 3 is 1.34 bits per heavy atom. The Bertz CT molecular complexity index is 980. The predicted molar refractivity (Wildman–Crippen MR) is 130 cm³/mol. The zero-order valence-electron chi connectivity index (χ0n) is 19.5. The minimum atomic E-state index is -0.162. The first-order valence-corrected chi connectivity index (χ1v) is 11.5. The SMILES string of the molecule is CC1(C)COC(c2ccccc2N2CCN(c3ccccc3C3=NC(C)(C)CO3)CC2)=N1. The molecular formula is C26H32N4O2. The van der Waals surface area contributed by atoms with Gasteiger partial charge in [-0.3, -0.25) is 0 Å². The highest BCUT2D eigenvalue weighted by Gasteiger charge is 2.31. The maximum atomic E-state index is 5.95. The lowest BCUT2D eigenvalue weighted by atomic mass is 10.1. The summed E-state index contributed by atoms with van der Waals surface area (Å²) in [6.07, 6.45) is 0.